The number of fused-ring (bicyclic) bond motifs is 1. The van der Waals surface area contributed by atoms with Crippen LogP contribution >= 0.6 is 27.3 Å². The maximum atomic E-state index is 14.3. The molecule has 5 aromatic rings. The van der Waals surface area contributed by atoms with Gasteiger partial charge in [0, 0.05) is 11.1 Å². The Morgan fingerprint density at radius 2 is 1.76 bits per heavy atom. The number of hydrogen-bond donors (Lipinski definition) is 0. The van der Waals surface area contributed by atoms with Gasteiger partial charge in [0.15, 0.2) is 16.3 Å². The lowest BCUT2D eigenvalue weighted by atomic mass is 9.91. The molecule has 1 aliphatic heterocycles. The molecule has 7 nitrogen and oxygen atoms in total. The zero-order valence-corrected chi connectivity index (χ0v) is 29.8. The highest BCUT2D eigenvalue weighted by atomic mass is 79.9. The molecule has 0 N–H and O–H groups in total. The number of thiazole rings is 1. The molecule has 0 spiro atoms. The SMILES string of the molecule is CCOC(=O)C1=C(c2ccccc2)N=c2s/c(=C\c3cc(Br)c(OCc4ccccc4F)c(OC)c3)c(=O)n2[C@H]1c1ccc(C(C)C)cc1. The van der Waals surface area contributed by atoms with Gasteiger partial charge in [-0.3, -0.25) is 9.36 Å². The second-order valence-electron chi connectivity index (χ2n) is 11.7. The molecule has 0 aliphatic carbocycles. The van der Waals surface area contributed by atoms with E-state index in [1.165, 1.54) is 24.5 Å². The Morgan fingerprint density at radius 3 is 2.43 bits per heavy atom. The van der Waals surface area contributed by atoms with Crippen LogP contribution in [-0.4, -0.2) is 24.3 Å². The molecule has 2 heterocycles. The molecule has 0 saturated heterocycles. The van der Waals surface area contributed by atoms with Gasteiger partial charge < -0.3 is 14.2 Å². The van der Waals surface area contributed by atoms with E-state index in [9.17, 15) is 14.0 Å². The second-order valence-corrected chi connectivity index (χ2v) is 13.5. The first kappa shape index (κ1) is 34.1. The van der Waals surface area contributed by atoms with Gasteiger partial charge in [0.2, 0.25) is 0 Å². The summed E-state index contributed by atoms with van der Waals surface area (Å²) in [5, 5.41) is 0. The molecule has 1 atom stereocenters. The Morgan fingerprint density at radius 1 is 1.04 bits per heavy atom. The lowest BCUT2D eigenvalue weighted by Gasteiger charge is -2.26. The molecule has 250 valence electrons. The van der Waals surface area contributed by atoms with Crippen LogP contribution in [0.4, 0.5) is 4.39 Å². The van der Waals surface area contributed by atoms with Crippen LogP contribution < -0.4 is 24.4 Å². The fourth-order valence-corrected chi connectivity index (χ4v) is 7.27. The van der Waals surface area contributed by atoms with Crippen LogP contribution in [0.5, 0.6) is 11.5 Å². The monoisotopic (exact) mass is 740 g/mol. The zero-order valence-electron chi connectivity index (χ0n) is 27.4. The largest absolute Gasteiger partial charge is 0.493 e. The van der Waals surface area contributed by atoms with Crippen molar-refractivity contribution in [3.63, 3.8) is 0 Å². The molecule has 4 aromatic carbocycles. The number of rotatable bonds is 10. The van der Waals surface area contributed by atoms with E-state index < -0.39 is 12.0 Å². The molecule has 6 rings (SSSR count). The minimum Gasteiger partial charge on any atom is -0.493 e. The molecule has 0 fully saturated rings. The fourth-order valence-electron chi connectivity index (χ4n) is 5.70. The Bertz CT molecular complexity index is 2230. The normalized spacial score (nSPS) is 14.4. The van der Waals surface area contributed by atoms with Gasteiger partial charge in [-0.15, -0.1) is 0 Å². The molecule has 0 amide bonds. The summed E-state index contributed by atoms with van der Waals surface area (Å²) in [7, 11) is 1.52. The van der Waals surface area contributed by atoms with Crippen molar-refractivity contribution in [2.75, 3.05) is 13.7 Å². The maximum Gasteiger partial charge on any atom is 0.338 e. The van der Waals surface area contributed by atoms with Gasteiger partial charge in [-0.2, -0.15) is 0 Å². The Hall–Kier alpha value is -4.80. The highest BCUT2D eigenvalue weighted by molar-refractivity contribution is 9.10. The van der Waals surface area contributed by atoms with Crippen LogP contribution in [-0.2, 0) is 16.1 Å². The number of carbonyl (C=O) groups is 1. The van der Waals surface area contributed by atoms with Crippen LogP contribution in [0.2, 0.25) is 0 Å². The van der Waals surface area contributed by atoms with Crippen molar-refractivity contribution in [3.05, 3.63) is 154 Å². The van der Waals surface area contributed by atoms with E-state index in [2.05, 4.69) is 29.8 Å². The topological polar surface area (TPSA) is 79.1 Å². The average Bonchev–Trinajstić information content (AvgIpc) is 3.41. The minimum absolute atomic E-state index is 0.00424. The molecule has 0 radical (unpaired) electrons. The first-order valence-corrected chi connectivity index (χ1v) is 17.4. The van der Waals surface area contributed by atoms with E-state index >= 15 is 0 Å². The molecule has 0 saturated carbocycles. The van der Waals surface area contributed by atoms with Gasteiger partial charge in [0.25, 0.3) is 5.56 Å². The summed E-state index contributed by atoms with van der Waals surface area (Å²) >= 11 is 4.81. The van der Waals surface area contributed by atoms with E-state index in [-0.39, 0.29) is 24.6 Å². The van der Waals surface area contributed by atoms with Crippen LogP contribution in [0.25, 0.3) is 11.8 Å². The first-order chi connectivity index (χ1) is 23.7. The Kier molecular flexibility index (Phi) is 10.3. The predicted octanol–water partition coefficient (Wildman–Crippen LogP) is 7.55. The molecule has 1 aromatic heterocycles. The van der Waals surface area contributed by atoms with Gasteiger partial charge in [-0.05, 0) is 69.7 Å². The highest BCUT2D eigenvalue weighted by Gasteiger charge is 2.35. The summed E-state index contributed by atoms with van der Waals surface area (Å²) in [5.41, 5.74) is 4.18. The number of aromatic nitrogens is 1. The van der Waals surface area contributed by atoms with Gasteiger partial charge in [0.05, 0.1) is 40.0 Å². The third-order valence-corrected chi connectivity index (χ3v) is 9.74. The van der Waals surface area contributed by atoms with Crippen molar-refractivity contribution in [2.24, 2.45) is 4.99 Å². The summed E-state index contributed by atoms with van der Waals surface area (Å²) in [6, 6.07) is 26.6. The molecule has 0 unspecified atom stereocenters. The van der Waals surface area contributed by atoms with Crippen molar-refractivity contribution in [1.82, 2.24) is 4.57 Å². The average molecular weight is 742 g/mol. The van der Waals surface area contributed by atoms with E-state index in [1.54, 1.807) is 47.9 Å². The standard InChI is InChI=1S/C39H34BrFN2O5S/c1-5-47-38(45)33-34(26-11-7-6-8-12-26)42-39-43(35(33)27-17-15-25(16-18-27)23(2)3)37(44)32(49-39)21-24-19-29(40)36(31(20-24)46-4)48-22-28-13-9-10-14-30(28)41/h6-21,23,35H,5,22H2,1-4H3/b32-21-/t35-/m0/s1. The molecular weight excluding hydrogens is 707 g/mol. The number of ether oxygens (including phenoxy) is 3. The second kappa shape index (κ2) is 14.8. The maximum absolute atomic E-state index is 14.3. The number of halogens is 2. The van der Waals surface area contributed by atoms with Crippen molar-refractivity contribution >= 4 is 45.0 Å². The number of hydrogen-bond acceptors (Lipinski definition) is 7. The number of carbonyl (C=O) groups excluding carboxylic acids is 1. The lowest BCUT2D eigenvalue weighted by Crippen LogP contribution is -2.40. The Balaban J connectivity index is 1.50. The summed E-state index contributed by atoms with van der Waals surface area (Å²) in [6.07, 6.45) is 1.76. The summed E-state index contributed by atoms with van der Waals surface area (Å²) in [6.45, 7) is 6.16. The molecule has 49 heavy (non-hydrogen) atoms. The van der Waals surface area contributed by atoms with Gasteiger partial charge in [-0.25, -0.2) is 14.2 Å². The van der Waals surface area contributed by atoms with Crippen molar-refractivity contribution in [3.8, 4) is 11.5 Å². The van der Waals surface area contributed by atoms with Crippen LogP contribution in [0.15, 0.2) is 111 Å². The third kappa shape index (κ3) is 7.02. The first-order valence-electron chi connectivity index (χ1n) is 15.8. The summed E-state index contributed by atoms with van der Waals surface area (Å²) in [5.74, 6) is 0.227. The molecule has 0 bridgehead atoms. The minimum atomic E-state index is -0.774. The van der Waals surface area contributed by atoms with E-state index in [0.29, 0.717) is 53.6 Å². The number of methoxy groups -OCH3 is 1. The zero-order chi connectivity index (χ0) is 34.7. The highest BCUT2D eigenvalue weighted by Crippen LogP contribution is 2.38. The van der Waals surface area contributed by atoms with Crippen molar-refractivity contribution < 1.29 is 23.4 Å². The third-order valence-electron chi connectivity index (χ3n) is 8.17. The predicted molar refractivity (Wildman–Crippen MR) is 193 cm³/mol. The van der Waals surface area contributed by atoms with E-state index in [1.807, 2.05) is 54.6 Å². The van der Waals surface area contributed by atoms with Crippen molar-refractivity contribution in [2.45, 2.75) is 39.3 Å². The number of esters is 1. The van der Waals surface area contributed by atoms with Gasteiger partial charge in [0.1, 0.15) is 12.4 Å². The molecule has 1 aliphatic rings. The van der Waals surface area contributed by atoms with E-state index in [4.69, 9.17) is 19.2 Å². The van der Waals surface area contributed by atoms with E-state index in [0.717, 1.165) is 16.7 Å². The molecule has 10 heteroatoms. The quantitative estimate of drug-likeness (QED) is 0.138. The van der Waals surface area contributed by atoms with Crippen LogP contribution in [0.3, 0.4) is 0 Å². The van der Waals surface area contributed by atoms with Crippen molar-refractivity contribution in [1.29, 1.82) is 0 Å². The van der Waals surface area contributed by atoms with Gasteiger partial charge >= 0.3 is 5.97 Å². The summed E-state index contributed by atoms with van der Waals surface area (Å²) in [4.78, 5) is 33.5. The van der Waals surface area contributed by atoms with Gasteiger partial charge in [-0.1, -0.05) is 98.0 Å². The number of nitrogens with zero attached hydrogens (tertiary/aromatic N) is 2. The number of benzene rings is 4. The summed E-state index contributed by atoms with van der Waals surface area (Å²) < 4.78 is 34.0. The molecular formula is C39H34BrFN2O5S. The van der Waals surface area contributed by atoms with Crippen LogP contribution in [0.1, 0.15) is 60.5 Å². The fraction of sp³-hybridized carbons (Fsp3) is 0.205. The lowest BCUT2D eigenvalue weighted by molar-refractivity contribution is -0.138. The smallest absolute Gasteiger partial charge is 0.338 e. The van der Waals surface area contributed by atoms with Crippen LogP contribution in [0, 0.1) is 5.82 Å². The Labute approximate surface area is 295 Å².